The average molecular weight is 446 g/mol. The zero-order chi connectivity index (χ0) is 21.3. The second-order valence-corrected chi connectivity index (χ2v) is 8.50. The minimum absolute atomic E-state index is 0.0425. The van der Waals surface area contributed by atoms with Gasteiger partial charge in [-0.3, -0.25) is 0 Å². The Morgan fingerprint density at radius 1 is 0.833 bits per heavy atom. The molecule has 4 rings (SSSR count). The van der Waals surface area contributed by atoms with Crippen LogP contribution in [0.1, 0.15) is 0 Å². The van der Waals surface area contributed by atoms with Crippen LogP contribution in [0.4, 0.5) is 8.78 Å². The molecule has 1 N–H and O–H groups in total. The van der Waals surface area contributed by atoms with E-state index in [1.54, 1.807) is 42.5 Å². The van der Waals surface area contributed by atoms with Crippen LogP contribution in [-0.4, -0.2) is 18.3 Å². The van der Waals surface area contributed by atoms with E-state index in [1.165, 1.54) is 18.2 Å². The van der Waals surface area contributed by atoms with Crippen LogP contribution in [0.3, 0.4) is 0 Å². The fraction of sp³-hybridized carbons (Fsp3) is 0. The highest BCUT2D eigenvalue weighted by atomic mass is 35.5. The third kappa shape index (κ3) is 4.19. The van der Waals surface area contributed by atoms with Crippen LogP contribution in [0, 0.1) is 11.6 Å². The van der Waals surface area contributed by atoms with Gasteiger partial charge in [-0.05, 0) is 42.5 Å². The molecular weight excluding hydrogens is 432 g/mol. The molecule has 1 aromatic heterocycles. The van der Waals surface area contributed by atoms with Crippen molar-refractivity contribution in [3.63, 3.8) is 0 Å². The molecule has 0 fully saturated rings. The molecule has 0 aliphatic heterocycles. The second kappa shape index (κ2) is 7.89. The van der Waals surface area contributed by atoms with Crippen LogP contribution >= 0.6 is 11.6 Å². The average Bonchev–Trinajstić information content (AvgIpc) is 3.12. The molecule has 5 nitrogen and oxygen atoms in total. The van der Waals surface area contributed by atoms with E-state index in [2.05, 4.69) is 9.93 Å². The van der Waals surface area contributed by atoms with Gasteiger partial charge in [-0.25, -0.2) is 8.78 Å². The van der Waals surface area contributed by atoms with E-state index >= 15 is 0 Å². The van der Waals surface area contributed by atoms with Gasteiger partial charge in [0.1, 0.15) is 11.6 Å². The number of sulfonamides is 1. The highest BCUT2D eigenvalue weighted by Crippen LogP contribution is 2.28. The highest BCUT2D eigenvalue weighted by Gasteiger charge is 2.19. The molecule has 0 bridgehead atoms. The van der Waals surface area contributed by atoms with Crippen molar-refractivity contribution in [3.8, 4) is 22.5 Å². The molecule has 0 aliphatic rings. The summed E-state index contributed by atoms with van der Waals surface area (Å²) < 4.78 is 52.9. The van der Waals surface area contributed by atoms with Crippen molar-refractivity contribution in [2.24, 2.45) is 0 Å². The molecule has 0 spiro atoms. The van der Waals surface area contributed by atoms with Crippen LogP contribution < -0.4 is 4.83 Å². The number of halogens is 3. The third-order valence-corrected chi connectivity index (χ3v) is 5.83. The maximum Gasteiger partial charge on any atom is 0.276 e. The van der Waals surface area contributed by atoms with Gasteiger partial charge in [-0.1, -0.05) is 41.9 Å². The first kappa shape index (κ1) is 20.1. The third-order valence-electron chi connectivity index (χ3n) is 4.27. The van der Waals surface area contributed by atoms with Crippen LogP contribution in [0.25, 0.3) is 22.5 Å². The molecule has 0 amide bonds. The lowest BCUT2D eigenvalue weighted by Gasteiger charge is -2.11. The van der Waals surface area contributed by atoms with Gasteiger partial charge in [-0.2, -0.15) is 23.1 Å². The number of benzene rings is 3. The first-order chi connectivity index (χ1) is 14.3. The molecule has 9 heteroatoms. The molecule has 3 aromatic carbocycles. The van der Waals surface area contributed by atoms with Gasteiger partial charge in [0, 0.05) is 22.2 Å². The number of rotatable bonds is 5. The van der Waals surface area contributed by atoms with E-state index < -0.39 is 21.7 Å². The monoisotopic (exact) mass is 445 g/mol. The summed E-state index contributed by atoms with van der Waals surface area (Å²) in [5.74, 6) is -1.53. The molecule has 0 aliphatic carbocycles. The normalized spacial score (nSPS) is 11.4. The van der Waals surface area contributed by atoms with Crippen molar-refractivity contribution in [3.05, 3.63) is 95.5 Å². The van der Waals surface area contributed by atoms with E-state index in [-0.39, 0.29) is 16.2 Å². The first-order valence-electron chi connectivity index (χ1n) is 8.72. The van der Waals surface area contributed by atoms with Crippen LogP contribution in [0.2, 0.25) is 5.02 Å². The van der Waals surface area contributed by atoms with Crippen LogP contribution in [0.5, 0.6) is 0 Å². The largest absolute Gasteiger partial charge is 0.276 e. The lowest BCUT2D eigenvalue weighted by Crippen LogP contribution is -2.25. The van der Waals surface area contributed by atoms with E-state index in [0.29, 0.717) is 16.3 Å². The number of nitrogens with one attached hydrogen (secondary N) is 1. The second-order valence-electron chi connectivity index (χ2n) is 6.40. The van der Waals surface area contributed by atoms with Gasteiger partial charge >= 0.3 is 0 Å². The van der Waals surface area contributed by atoms with Crippen LogP contribution in [-0.2, 0) is 10.0 Å². The predicted octanol–water partition coefficient (Wildman–Crippen LogP) is 5.08. The molecular formula is C21H14ClF2N3O2S. The van der Waals surface area contributed by atoms with Crippen LogP contribution in [0.15, 0.2) is 83.8 Å². The summed E-state index contributed by atoms with van der Waals surface area (Å²) in [6.45, 7) is 0. The smallest absolute Gasteiger partial charge is 0.207 e. The fourth-order valence-electron chi connectivity index (χ4n) is 2.89. The number of nitrogens with zero attached hydrogens (tertiary/aromatic N) is 2. The number of hydrogen-bond donors (Lipinski definition) is 1. The van der Waals surface area contributed by atoms with Crippen molar-refractivity contribution in [2.45, 2.75) is 4.90 Å². The summed E-state index contributed by atoms with van der Waals surface area (Å²) in [4.78, 5) is 3.49. The van der Waals surface area contributed by atoms with Crippen molar-refractivity contribution < 1.29 is 17.2 Å². The van der Waals surface area contributed by atoms with Gasteiger partial charge in [0.25, 0.3) is 10.0 Å². The summed E-state index contributed by atoms with van der Waals surface area (Å²) in [5, 5.41) is 4.73. The molecule has 0 unspecified atom stereocenters. The summed E-state index contributed by atoms with van der Waals surface area (Å²) >= 11 is 5.94. The molecule has 152 valence electrons. The maximum atomic E-state index is 13.7. The van der Waals surface area contributed by atoms with Crippen molar-refractivity contribution >= 4 is 21.6 Å². The van der Waals surface area contributed by atoms with Gasteiger partial charge < -0.3 is 0 Å². The summed E-state index contributed by atoms with van der Waals surface area (Å²) in [6, 6.07) is 18.9. The SMILES string of the molecule is O=S(=O)(Nn1nc(-c2cc(F)cc(F)c2)cc1-c1ccc(Cl)cc1)c1ccccc1. The van der Waals surface area contributed by atoms with E-state index in [1.807, 2.05) is 0 Å². The Morgan fingerprint density at radius 3 is 2.10 bits per heavy atom. The Labute approximate surface area is 176 Å². The van der Waals surface area contributed by atoms with E-state index in [0.717, 1.165) is 23.0 Å². The first-order valence-corrected chi connectivity index (χ1v) is 10.6. The van der Waals surface area contributed by atoms with Gasteiger partial charge in [0.05, 0.1) is 16.3 Å². The van der Waals surface area contributed by atoms with Gasteiger partial charge in [0.15, 0.2) is 0 Å². The van der Waals surface area contributed by atoms with E-state index in [4.69, 9.17) is 11.6 Å². The predicted molar refractivity (Wildman–Crippen MR) is 111 cm³/mol. The van der Waals surface area contributed by atoms with Gasteiger partial charge in [-0.15, -0.1) is 0 Å². The summed E-state index contributed by atoms with van der Waals surface area (Å²) in [6.07, 6.45) is 0. The van der Waals surface area contributed by atoms with Crippen molar-refractivity contribution in [1.82, 2.24) is 9.89 Å². The lowest BCUT2D eigenvalue weighted by atomic mass is 10.1. The molecule has 4 aromatic rings. The Morgan fingerprint density at radius 2 is 1.47 bits per heavy atom. The number of hydrogen-bond acceptors (Lipinski definition) is 3. The molecule has 0 saturated carbocycles. The Balaban J connectivity index is 1.83. The molecule has 0 radical (unpaired) electrons. The lowest BCUT2D eigenvalue weighted by molar-refractivity contribution is 0.583. The van der Waals surface area contributed by atoms with E-state index in [9.17, 15) is 17.2 Å². The van der Waals surface area contributed by atoms with Crippen molar-refractivity contribution in [1.29, 1.82) is 0 Å². The Kier molecular flexibility index (Phi) is 5.27. The molecule has 0 saturated heterocycles. The summed E-state index contributed by atoms with van der Waals surface area (Å²) in [7, 11) is -3.96. The standard InChI is InChI=1S/C21H14ClF2N3O2S/c22-16-8-6-14(7-9-16)21-13-20(15-10-17(23)12-18(24)11-15)25-27(21)26-30(28,29)19-4-2-1-3-5-19/h1-13,26H. The zero-order valence-electron chi connectivity index (χ0n) is 15.3. The van der Waals surface area contributed by atoms with Gasteiger partial charge in [0.2, 0.25) is 0 Å². The Hall–Kier alpha value is -3.23. The summed E-state index contributed by atoms with van der Waals surface area (Å²) in [5.41, 5.74) is 1.33. The quantitative estimate of drug-likeness (QED) is 0.466. The topological polar surface area (TPSA) is 64.0 Å². The molecule has 0 atom stereocenters. The fourth-order valence-corrected chi connectivity index (χ4v) is 4.00. The minimum atomic E-state index is -3.96. The Bertz CT molecular complexity index is 1290. The highest BCUT2D eigenvalue weighted by molar-refractivity contribution is 7.92. The molecule has 30 heavy (non-hydrogen) atoms. The number of aromatic nitrogens is 2. The maximum absolute atomic E-state index is 13.7. The molecule has 1 heterocycles. The van der Waals surface area contributed by atoms with Crippen molar-refractivity contribution in [2.75, 3.05) is 4.83 Å². The zero-order valence-corrected chi connectivity index (χ0v) is 16.8. The minimum Gasteiger partial charge on any atom is -0.207 e.